The lowest BCUT2D eigenvalue weighted by atomic mass is 9.90. The zero-order valence-corrected chi connectivity index (χ0v) is 6.89. The third-order valence-corrected chi connectivity index (χ3v) is 3.35. The van der Waals surface area contributed by atoms with E-state index >= 15 is 0 Å². The van der Waals surface area contributed by atoms with Crippen LogP contribution in [0.25, 0.3) is 0 Å². The van der Waals surface area contributed by atoms with Gasteiger partial charge in [-0.1, -0.05) is 13.8 Å². The Morgan fingerprint density at radius 2 is 2.09 bits per heavy atom. The van der Waals surface area contributed by atoms with Crippen molar-refractivity contribution in [3.63, 3.8) is 0 Å². The van der Waals surface area contributed by atoms with E-state index in [-0.39, 0.29) is 22.9 Å². The lowest BCUT2D eigenvalue weighted by molar-refractivity contribution is -0.135. The van der Waals surface area contributed by atoms with Crippen LogP contribution in [0.3, 0.4) is 0 Å². The zero-order chi connectivity index (χ0) is 8.22. The van der Waals surface area contributed by atoms with Crippen LogP contribution in [0.2, 0.25) is 0 Å². The third-order valence-electron chi connectivity index (χ3n) is 3.35. The highest BCUT2D eigenvalue weighted by Gasteiger charge is 2.66. The van der Waals surface area contributed by atoms with E-state index in [0.29, 0.717) is 12.3 Å². The molecule has 11 heavy (non-hydrogen) atoms. The zero-order valence-electron chi connectivity index (χ0n) is 6.89. The van der Waals surface area contributed by atoms with Gasteiger partial charge in [-0.05, 0) is 17.8 Å². The van der Waals surface area contributed by atoms with E-state index in [1.54, 1.807) is 0 Å². The summed E-state index contributed by atoms with van der Waals surface area (Å²) in [6.45, 7) is 4.21. The maximum atomic E-state index is 11.1. The Morgan fingerprint density at radius 3 is 2.36 bits per heavy atom. The van der Waals surface area contributed by atoms with Crippen molar-refractivity contribution in [2.24, 2.45) is 17.3 Å². The maximum absolute atomic E-state index is 11.1. The molecule has 0 bridgehead atoms. The fourth-order valence-electron chi connectivity index (χ4n) is 2.29. The summed E-state index contributed by atoms with van der Waals surface area (Å²) in [5.74, 6) is 0.367. The van der Waals surface area contributed by atoms with Gasteiger partial charge in [-0.3, -0.25) is 9.59 Å². The highest BCUT2D eigenvalue weighted by Crippen LogP contribution is 2.64. The van der Waals surface area contributed by atoms with Gasteiger partial charge >= 0.3 is 0 Å². The number of hydrogen-bond acceptors (Lipinski definition) is 2. The van der Waals surface area contributed by atoms with Crippen molar-refractivity contribution in [1.82, 2.24) is 0 Å². The van der Waals surface area contributed by atoms with Gasteiger partial charge in [0.1, 0.15) is 0 Å². The average Bonchev–Trinajstić information content (AvgIpc) is 2.57. The van der Waals surface area contributed by atoms with Crippen LogP contribution in [0.5, 0.6) is 0 Å². The maximum Gasteiger partial charge on any atom is 0.202 e. The van der Waals surface area contributed by atoms with E-state index in [9.17, 15) is 9.59 Å². The molecule has 0 aromatic heterocycles. The molecule has 0 radical (unpaired) electrons. The van der Waals surface area contributed by atoms with Crippen molar-refractivity contribution in [2.75, 3.05) is 0 Å². The molecule has 0 aliphatic heterocycles. The Balaban J connectivity index is 2.26. The third kappa shape index (κ3) is 0.673. The Kier molecular flexibility index (Phi) is 1.11. The summed E-state index contributed by atoms with van der Waals surface area (Å²) >= 11 is 0. The highest BCUT2D eigenvalue weighted by atomic mass is 16.2. The molecule has 2 heteroatoms. The fourth-order valence-corrected chi connectivity index (χ4v) is 2.29. The van der Waals surface area contributed by atoms with Gasteiger partial charge in [0.2, 0.25) is 5.78 Å². The SMILES string of the molecule is CC(C)C12CC(=O)C(=O)C1C2. The van der Waals surface area contributed by atoms with Gasteiger partial charge in [-0.2, -0.15) is 0 Å². The molecule has 2 rings (SSSR count). The number of Topliss-reactive ketones (excluding diaryl/α,β-unsaturated/α-hetero) is 2. The molecule has 2 aliphatic rings. The summed E-state index contributed by atoms with van der Waals surface area (Å²) in [4.78, 5) is 22.1. The molecule has 2 saturated carbocycles. The summed E-state index contributed by atoms with van der Waals surface area (Å²) in [5, 5.41) is 0. The van der Waals surface area contributed by atoms with Crippen LogP contribution < -0.4 is 0 Å². The summed E-state index contributed by atoms with van der Waals surface area (Å²) < 4.78 is 0. The van der Waals surface area contributed by atoms with E-state index in [0.717, 1.165) is 6.42 Å². The number of hydrogen-bond donors (Lipinski definition) is 0. The van der Waals surface area contributed by atoms with E-state index in [4.69, 9.17) is 0 Å². The molecular weight excluding hydrogens is 140 g/mol. The van der Waals surface area contributed by atoms with Gasteiger partial charge in [-0.15, -0.1) is 0 Å². The minimum Gasteiger partial charge on any atom is -0.291 e. The Bertz CT molecular complexity index is 242. The number of rotatable bonds is 1. The normalized spacial score (nSPS) is 41.5. The first kappa shape index (κ1) is 7.01. The van der Waals surface area contributed by atoms with Crippen LogP contribution in [0.4, 0.5) is 0 Å². The van der Waals surface area contributed by atoms with Crippen LogP contribution in [-0.2, 0) is 9.59 Å². The quantitative estimate of drug-likeness (QED) is 0.529. The molecule has 2 nitrogen and oxygen atoms in total. The monoisotopic (exact) mass is 152 g/mol. The summed E-state index contributed by atoms with van der Waals surface area (Å²) in [5.41, 5.74) is 0.105. The molecular formula is C9H12O2. The molecule has 0 amide bonds. The largest absolute Gasteiger partial charge is 0.291 e. The average molecular weight is 152 g/mol. The van der Waals surface area contributed by atoms with Gasteiger partial charge in [0.05, 0.1) is 0 Å². The van der Waals surface area contributed by atoms with Crippen LogP contribution in [0, 0.1) is 17.3 Å². The molecule has 0 N–H and O–H groups in total. The van der Waals surface area contributed by atoms with Crippen molar-refractivity contribution in [1.29, 1.82) is 0 Å². The molecule has 2 aliphatic carbocycles. The molecule has 2 atom stereocenters. The fraction of sp³-hybridized carbons (Fsp3) is 0.778. The second-order valence-electron chi connectivity index (χ2n) is 4.11. The standard InChI is InChI=1S/C9H12O2/c1-5(2)9-3-6(9)8(11)7(10)4-9/h5-6H,3-4H2,1-2H3. The van der Waals surface area contributed by atoms with Gasteiger partial charge in [0.25, 0.3) is 0 Å². The summed E-state index contributed by atoms with van der Waals surface area (Å²) in [7, 11) is 0. The number of carbonyl (C=O) groups excluding carboxylic acids is 2. The van der Waals surface area contributed by atoms with E-state index in [2.05, 4.69) is 13.8 Å². The van der Waals surface area contributed by atoms with Crippen molar-refractivity contribution < 1.29 is 9.59 Å². The van der Waals surface area contributed by atoms with Gasteiger partial charge < -0.3 is 0 Å². The molecule has 2 unspecified atom stereocenters. The first-order valence-corrected chi connectivity index (χ1v) is 4.15. The first-order valence-electron chi connectivity index (χ1n) is 4.15. The van der Waals surface area contributed by atoms with Crippen molar-refractivity contribution >= 4 is 11.6 Å². The van der Waals surface area contributed by atoms with Crippen molar-refractivity contribution in [3.05, 3.63) is 0 Å². The number of ketones is 2. The molecule has 0 aromatic rings. The Labute approximate surface area is 66.0 Å². The van der Waals surface area contributed by atoms with Gasteiger partial charge in [0, 0.05) is 12.3 Å². The van der Waals surface area contributed by atoms with Crippen molar-refractivity contribution in [2.45, 2.75) is 26.7 Å². The van der Waals surface area contributed by atoms with Crippen molar-refractivity contribution in [3.8, 4) is 0 Å². The lowest BCUT2D eigenvalue weighted by Gasteiger charge is -2.13. The molecule has 0 saturated heterocycles. The van der Waals surface area contributed by atoms with Gasteiger partial charge in [0.15, 0.2) is 5.78 Å². The summed E-state index contributed by atoms with van der Waals surface area (Å²) in [6, 6.07) is 0. The highest BCUT2D eigenvalue weighted by molar-refractivity contribution is 6.41. The minimum absolute atomic E-state index is 0.0984. The molecule has 0 spiro atoms. The van der Waals surface area contributed by atoms with E-state index < -0.39 is 0 Å². The predicted octanol–water partition coefficient (Wildman–Crippen LogP) is 1.19. The van der Waals surface area contributed by atoms with Gasteiger partial charge in [-0.25, -0.2) is 0 Å². The van der Waals surface area contributed by atoms with Crippen LogP contribution in [0.1, 0.15) is 26.7 Å². The van der Waals surface area contributed by atoms with Crippen LogP contribution in [-0.4, -0.2) is 11.6 Å². The Morgan fingerprint density at radius 1 is 1.45 bits per heavy atom. The smallest absolute Gasteiger partial charge is 0.202 e. The second-order valence-corrected chi connectivity index (χ2v) is 4.11. The van der Waals surface area contributed by atoms with Crippen LogP contribution in [0.15, 0.2) is 0 Å². The van der Waals surface area contributed by atoms with E-state index in [1.807, 2.05) is 0 Å². The molecule has 60 valence electrons. The summed E-state index contributed by atoms with van der Waals surface area (Å²) in [6.07, 6.45) is 1.49. The van der Waals surface area contributed by atoms with E-state index in [1.165, 1.54) is 0 Å². The molecule has 2 fully saturated rings. The molecule has 0 heterocycles. The molecule has 0 aromatic carbocycles. The lowest BCUT2D eigenvalue weighted by Crippen LogP contribution is -2.11. The minimum atomic E-state index is -0.130. The topological polar surface area (TPSA) is 34.1 Å². The predicted molar refractivity (Wildman–Crippen MR) is 40.0 cm³/mol. The second kappa shape index (κ2) is 1.74. The number of carbonyl (C=O) groups is 2. The first-order chi connectivity index (χ1) is 5.08. The Hall–Kier alpha value is -0.660. The number of fused-ring (bicyclic) bond motifs is 1. The van der Waals surface area contributed by atoms with Crippen LogP contribution >= 0.6 is 0 Å².